The van der Waals surface area contributed by atoms with Crippen molar-refractivity contribution in [3.63, 3.8) is 0 Å². The normalized spacial score (nSPS) is 10.8. The molecule has 0 saturated heterocycles. The molecule has 0 spiro atoms. The van der Waals surface area contributed by atoms with E-state index in [0.717, 1.165) is 15.0 Å². The van der Waals surface area contributed by atoms with Gasteiger partial charge in [0.2, 0.25) is 0 Å². The minimum Gasteiger partial charge on any atom is -1.00 e. The molecule has 5 aromatic carbocycles. The van der Waals surface area contributed by atoms with Crippen LogP contribution in [0.2, 0.25) is 0 Å². The molecule has 0 N–H and O–H groups in total. The van der Waals surface area contributed by atoms with Gasteiger partial charge in [-0.3, -0.25) is 0 Å². The Kier molecular flexibility index (Phi) is 10.6. The molecular weight excluding hydrogens is 629 g/mol. The van der Waals surface area contributed by atoms with Crippen LogP contribution in [-0.2, 0) is 32.3 Å². The maximum Gasteiger partial charge on any atom is 4.00 e. The molecule has 5 aromatic rings. The predicted molar refractivity (Wildman–Crippen MR) is 132 cm³/mol. The van der Waals surface area contributed by atoms with Crippen molar-refractivity contribution in [3.8, 4) is 11.1 Å². The summed E-state index contributed by atoms with van der Waals surface area (Å²) in [7, 11) is 0.759. The van der Waals surface area contributed by atoms with Gasteiger partial charge in [-0.2, -0.15) is 35.9 Å². The summed E-state index contributed by atoms with van der Waals surface area (Å²) in [5.74, 6) is 0. The summed E-state index contributed by atoms with van der Waals surface area (Å²) in [6.07, 6.45) is 1.05. The molecule has 6 rings (SSSR count). The molecule has 0 amide bonds. The van der Waals surface area contributed by atoms with Gasteiger partial charge in [0.05, 0.1) is 0 Å². The molecule has 1 aliphatic rings. The Labute approximate surface area is 229 Å². The van der Waals surface area contributed by atoms with Gasteiger partial charge in [0.15, 0.2) is 0 Å². The van der Waals surface area contributed by atoms with Crippen LogP contribution in [0, 0.1) is 13.0 Å². The van der Waals surface area contributed by atoms with Gasteiger partial charge in [-0.05, 0) is 24.2 Å². The molecule has 0 bridgehead atoms. The van der Waals surface area contributed by atoms with Crippen LogP contribution in [0.5, 0.6) is 0 Å². The van der Waals surface area contributed by atoms with E-state index in [4.69, 9.17) is 0 Å². The topological polar surface area (TPSA) is 0 Å². The van der Waals surface area contributed by atoms with E-state index >= 15 is 0 Å². The van der Waals surface area contributed by atoms with Crippen LogP contribution < -0.4 is 35.4 Å². The molecule has 0 aromatic heterocycles. The molecule has 0 aliphatic heterocycles. The molecule has 0 saturated carbocycles. The zero-order valence-electron chi connectivity index (χ0n) is 18.3. The molecule has 0 heterocycles. The Hall–Kier alpha value is -1.63. The van der Waals surface area contributed by atoms with E-state index in [0.29, 0.717) is 0 Å². The minimum absolute atomic E-state index is 0. The average molecular weight is 652 g/mol. The third kappa shape index (κ3) is 6.28. The number of aryl methyl sites for hydroxylation is 1. The molecular formula is C29H23Cl2HfP. The number of halogens is 2. The van der Waals surface area contributed by atoms with Crippen molar-refractivity contribution in [2.75, 3.05) is 0 Å². The van der Waals surface area contributed by atoms with Gasteiger partial charge in [-0.1, -0.05) is 74.3 Å². The fraction of sp³-hybridized carbons (Fsp3) is 0.0690. The van der Waals surface area contributed by atoms with Crippen LogP contribution in [0.1, 0.15) is 16.7 Å². The summed E-state index contributed by atoms with van der Waals surface area (Å²) in [4.78, 5) is 0. The second kappa shape index (κ2) is 12.7. The number of fused-ring (bicyclic) bond motifs is 4. The van der Waals surface area contributed by atoms with E-state index in [1.165, 1.54) is 49.2 Å². The standard InChI is InChI=1S/C16H14P.C13H9.2ClH.Hf/c1-12-6-2-5-9-16(12)17-15-10-13-7-3-4-8-14(13)11-15;1-3-7-12-10(5-1)9-11-6-2-4-8-13(11)12;;;/h2-11,17H,1H3;1-5,7-8H,9H2;2*1H;/q2*-1;;;+4/p-2. The molecule has 0 nitrogen and oxygen atoms in total. The van der Waals surface area contributed by atoms with Gasteiger partial charge in [-0.15, -0.1) is 45.9 Å². The van der Waals surface area contributed by atoms with Crippen molar-refractivity contribution in [1.29, 1.82) is 0 Å². The van der Waals surface area contributed by atoms with E-state index in [1.807, 2.05) is 6.07 Å². The largest absolute Gasteiger partial charge is 4.00 e. The Balaban J connectivity index is 0.000000220. The second-order valence-corrected chi connectivity index (χ2v) is 9.08. The van der Waals surface area contributed by atoms with Crippen LogP contribution in [0.3, 0.4) is 0 Å². The maximum atomic E-state index is 3.30. The molecule has 162 valence electrons. The Morgan fingerprint density at radius 3 is 2.30 bits per heavy atom. The first-order valence-electron chi connectivity index (χ1n) is 10.3. The smallest absolute Gasteiger partial charge is 1.00 e. The van der Waals surface area contributed by atoms with Gasteiger partial charge in [0.1, 0.15) is 0 Å². The van der Waals surface area contributed by atoms with Gasteiger partial charge >= 0.3 is 25.8 Å². The summed E-state index contributed by atoms with van der Waals surface area (Å²) < 4.78 is 0. The van der Waals surface area contributed by atoms with E-state index < -0.39 is 0 Å². The first kappa shape index (κ1) is 27.6. The Bertz CT molecular complexity index is 1250. The van der Waals surface area contributed by atoms with Crippen molar-refractivity contribution in [2.45, 2.75) is 13.3 Å². The van der Waals surface area contributed by atoms with Gasteiger partial charge in [0, 0.05) is 0 Å². The monoisotopic (exact) mass is 652 g/mol. The Morgan fingerprint density at radius 2 is 1.48 bits per heavy atom. The number of hydrogen-bond donors (Lipinski definition) is 0. The van der Waals surface area contributed by atoms with Crippen molar-refractivity contribution in [3.05, 3.63) is 126 Å². The molecule has 1 atom stereocenters. The number of benzene rings is 4. The summed E-state index contributed by atoms with van der Waals surface area (Å²) in [5, 5.41) is 5.58. The summed E-state index contributed by atoms with van der Waals surface area (Å²) >= 11 is 0. The fourth-order valence-corrected chi connectivity index (χ4v) is 5.32. The number of rotatable bonds is 2. The van der Waals surface area contributed by atoms with E-state index in [1.54, 1.807) is 0 Å². The third-order valence-corrected chi connectivity index (χ3v) is 7.07. The van der Waals surface area contributed by atoms with Crippen LogP contribution in [0.25, 0.3) is 21.9 Å². The average Bonchev–Trinajstić information content (AvgIpc) is 3.36. The third-order valence-electron chi connectivity index (χ3n) is 5.66. The first-order valence-corrected chi connectivity index (χ1v) is 11.3. The van der Waals surface area contributed by atoms with Crippen LogP contribution >= 0.6 is 8.58 Å². The van der Waals surface area contributed by atoms with Gasteiger partial charge < -0.3 is 24.8 Å². The second-order valence-electron chi connectivity index (χ2n) is 7.71. The van der Waals surface area contributed by atoms with Crippen molar-refractivity contribution < 1.29 is 50.7 Å². The molecule has 0 fully saturated rings. The molecule has 33 heavy (non-hydrogen) atoms. The summed E-state index contributed by atoms with van der Waals surface area (Å²) in [6, 6.07) is 39.9. The van der Waals surface area contributed by atoms with Crippen molar-refractivity contribution in [2.24, 2.45) is 0 Å². The van der Waals surface area contributed by atoms with Crippen molar-refractivity contribution in [1.82, 2.24) is 0 Å². The van der Waals surface area contributed by atoms with Crippen LogP contribution in [0.4, 0.5) is 0 Å². The minimum atomic E-state index is 0. The fourth-order valence-electron chi connectivity index (χ4n) is 4.09. The van der Waals surface area contributed by atoms with Crippen LogP contribution in [0.15, 0.2) is 103 Å². The summed E-state index contributed by atoms with van der Waals surface area (Å²) in [5.41, 5.74) is 6.90. The quantitative estimate of drug-likeness (QED) is 0.146. The van der Waals surface area contributed by atoms with E-state index in [2.05, 4.69) is 110 Å². The maximum absolute atomic E-state index is 3.30. The zero-order chi connectivity index (χ0) is 20.3. The molecule has 1 aliphatic carbocycles. The molecule has 1 unspecified atom stereocenters. The van der Waals surface area contributed by atoms with Crippen LogP contribution in [-0.4, -0.2) is 0 Å². The number of hydrogen-bond acceptors (Lipinski definition) is 0. The van der Waals surface area contributed by atoms with Crippen molar-refractivity contribution >= 4 is 30.0 Å². The van der Waals surface area contributed by atoms with E-state index in [9.17, 15) is 0 Å². The first-order chi connectivity index (χ1) is 14.8. The predicted octanol–water partition coefficient (Wildman–Crippen LogP) is 0.560. The van der Waals surface area contributed by atoms with E-state index in [-0.39, 0.29) is 50.7 Å². The summed E-state index contributed by atoms with van der Waals surface area (Å²) in [6.45, 7) is 2.19. The molecule has 0 radical (unpaired) electrons. The Morgan fingerprint density at radius 1 is 0.788 bits per heavy atom. The SMILES string of the molecule is Cc1ccccc1Pc1cc2ccccc2[cH-]1.[Cl-].[Cl-].[Hf+4].[c-]1cccc2c1Cc1ccccc1-2. The zero-order valence-corrected chi connectivity index (χ0v) is 24.4. The molecule has 4 heteroatoms. The van der Waals surface area contributed by atoms with Gasteiger partial charge in [-0.25, -0.2) is 0 Å². The van der Waals surface area contributed by atoms with Gasteiger partial charge in [0.25, 0.3) is 0 Å².